The molecule has 0 amide bonds. The number of alkyl halides is 2. The Morgan fingerprint density at radius 2 is 1.83 bits per heavy atom. The van der Waals surface area contributed by atoms with Gasteiger partial charge in [-0.2, -0.15) is 0 Å². The number of nitrogens with zero attached hydrogens (tertiary/aromatic N) is 1. The number of likely N-dealkylation sites (N-methyl/N-ethyl adjacent to an activating group) is 1. The van der Waals surface area contributed by atoms with E-state index in [0.717, 1.165) is 53.6 Å². The molecule has 3 heteroatoms. The van der Waals surface area contributed by atoms with E-state index in [2.05, 4.69) is 31.2 Å². The van der Waals surface area contributed by atoms with Gasteiger partial charge in [-0.05, 0) is 47.1 Å². The van der Waals surface area contributed by atoms with Crippen LogP contribution in [0.3, 0.4) is 0 Å². The van der Waals surface area contributed by atoms with Crippen LogP contribution in [0.2, 0.25) is 0 Å². The van der Waals surface area contributed by atoms with Gasteiger partial charge >= 0.3 is 0 Å². The second kappa shape index (κ2) is 5.95. The lowest BCUT2D eigenvalue weighted by molar-refractivity contribution is 0.0130. The van der Waals surface area contributed by atoms with E-state index in [4.69, 9.17) is 0 Å². The summed E-state index contributed by atoms with van der Waals surface area (Å²) in [6.45, 7) is 9.37. The molecular weight excluding hydrogens is 292 g/mol. The van der Waals surface area contributed by atoms with Crippen LogP contribution in [0.15, 0.2) is 48.7 Å². The van der Waals surface area contributed by atoms with Crippen LogP contribution in [0.25, 0.3) is 5.57 Å². The van der Waals surface area contributed by atoms with Crippen LogP contribution in [0, 0.1) is 0 Å². The Morgan fingerprint density at radius 1 is 1.13 bits per heavy atom. The highest BCUT2D eigenvalue weighted by atomic mass is 19.3. The molecule has 0 atom stereocenters. The summed E-state index contributed by atoms with van der Waals surface area (Å²) in [7, 11) is 2.08. The predicted molar refractivity (Wildman–Crippen MR) is 91.5 cm³/mol. The lowest BCUT2D eigenvalue weighted by Crippen LogP contribution is -2.14. The monoisotopic (exact) mass is 315 g/mol. The predicted octanol–water partition coefficient (Wildman–Crippen LogP) is 4.99. The van der Waals surface area contributed by atoms with Crippen LogP contribution < -0.4 is 0 Å². The summed E-state index contributed by atoms with van der Waals surface area (Å²) in [4.78, 5) is 2.22. The van der Waals surface area contributed by atoms with Gasteiger partial charge in [0.25, 0.3) is 5.92 Å². The molecule has 0 saturated carbocycles. The number of benzene rings is 1. The molecule has 1 aromatic rings. The molecule has 0 spiro atoms. The Morgan fingerprint density at radius 3 is 2.52 bits per heavy atom. The van der Waals surface area contributed by atoms with Crippen LogP contribution in [-0.4, -0.2) is 24.4 Å². The SMILES string of the molecule is C=C(CCC(=C)c1ccc2c(c1)CC(F)(F)C2)C1=CCCN1C. The van der Waals surface area contributed by atoms with Crippen LogP contribution >= 0.6 is 0 Å². The molecule has 23 heavy (non-hydrogen) atoms. The zero-order valence-corrected chi connectivity index (χ0v) is 13.7. The Balaban J connectivity index is 1.63. The molecule has 3 rings (SSSR count). The van der Waals surface area contributed by atoms with E-state index in [-0.39, 0.29) is 12.8 Å². The third-order valence-corrected chi connectivity index (χ3v) is 4.82. The number of hydrogen-bond acceptors (Lipinski definition) is 1. The fourth-order valence-corrected chi connectivity index (χ4v) is 3.46. The van der Waals surface area contributed by atoms with Gasteiger partial charge in [0.15, 0.2) is 0 Å². The average Bonchev–Trinajstić information content (AvgIpc) is 3.04. The first-order valence-corrected chi connectivity index (χ1v) is 8.13. The molecule has 0 N–H and O–H groups in total. The van der Waals surface area contributed by atoms with E-state index in [9.17, 15) is 8.78 Å². The van der Waals surface area contributed by atoms with Crippen molar-refractivity contribution < 1.29 is 8.78 Å². The summed E-state index contributed by atoms with van der Waals surface area (Å²) in [6, 6.07) is 5.65. The maximum Gasteiger partial charge on any atom is 0.256 e. The molecule has 1 aliphatic carbocycles. The minimum Gasteiger partial charge on any atom is -0.374 e. The van der Waals surface area contributed by atoms with Crippen molar-refractivity contribution in [1.29, 1.82) is 0 Å². The molecule has 0 radical (unpaired) electrons. The van der Waals surface area contributed by atoms with Gasteiger partial charge in [-0.25, -0.2) is 8.78 Å². The van der Waals surface area contributed by atoms with E-state index < -0.39 is 5.92 Å². The van der Waals surface area contributed by atoms with Gasteiger partial charge in [0.2, 0.25) is 0 Å². The number of rotatable bonds is 5. The third-order valence-electron chi connectivity index (χ3n) is 4.82. The zero-order valence-electron chi connectivity index (χ0n) is 13.7. The van der Waals surface area contributed by atoms with E-state index in [0.29, 0.717) is 0 Å². The van der Waals surface area contributed by atoms with Crippen LogP contribution in [-0.2, 0) is 12.8 Å². The molecule has 0 aromatic heterocycles. The van der Waals surface area contributed by atoms with Gasteiger partial charge in [0, 0.05) is 32.1 Å². The second-order valence-electron chi connectivity index (χ2n) is 6.70. The number of fused-ring (bicyclic) bond motifs is 1. The highest BCUT2D eigenvalue weighted by Gasteiger charge is 2.37. The molecule has 0 fully saturated rings. The van der Waals surface area contributed by atoms with E-state index in [1.165, 1.54) is 5.70 Å². The van der Waals surface area contributed by atoms with E-state index in [1.807, 2.05) is 18.2 Å². The number of hydrogen-bond donors (Lipinski definition) is 0. The quantitative estimate of drug-likeness (QED) is 0.740. The van der Waals surface area contributed by atoms with Crippen LogP contribution in [0.5, 0.6) is 0 Å². The first-order valence-electron chi connectivity index (χ1n) is 8.13. The Labute approximate surface area is 137 Å². The van der Waals surface area contributed by atoms with E-state index >= 15 is 0 Å². The van der Waals surface area contributed by atoms with Gasteiger partial charge in [0.05, 0.1) is 0 Å². The molecule has 1 heterocycles. The van der Waals surface area contributed by atoms with Gasteiger partial charge < -0.3 is 4.90 Å². The van der Waals surface area contributed by atoms with Crippen molar-refractivity contribution in [3.8, 4) is 0 Å². The first-order chi connectivity index (χ1) is 10.9. The fraction of sp³-hybridized carbons (Fsp3) is 0.400. The standard InChI is InChI=1S/C20H23F2N/c1-14(6-7-15(2)19-5-4-10-23(19)3)16-8-9-17-12-20(21,22)13-18(17)11-16/h5,8-9,11H,1-2,4,6-7,10,12-13H2,3H3. The molecule has 0 saturated heterocycles. The molecule has 122 valence electrons. The highest BCUT2D eigenvalue weighted by molar-refractivity contribution is 5.65. The molecular formula is C20H23F2N. The lowest BCUT2D eigenvalue weighted by Gasteiger charge is -2.18. The molecule has 1 nitrogen and oxygen atoms in total. The number of allylic oxidation sites excluding steroid dienone is 2. The normalized spacial score (nSPS) is 18.7. The van der Waals surface area contributed by atoms with Gasteiger partial charge in [-0.1, -0.05) is 37.4 Å². The van der Waals surface area contributed by atoms with Gasteiger partial charge in [-0.3, -0.25) is 0 Å². The number of halogens is 2. The second-order valence-corrected chi connectivity index (χ2v) is 6.70. The van der Waals surface area contributed by atoms with Gasteiger partial charge in [-0.15, -0.1) is 0 Å². The van der Waals surface area contributed by atoms with Gasteiger partial charge in [0.1, 0.15) is 0 Å². The highest BCUT2D eigenvalue weighted by Crippen LogP contribution is 2.36. The molecule has 1 aromatic carbocycles. The van der Waals surface area contributed by atoms with Crippen molar-refractivity contribution in [2.45, 2.75) is 38.0 Å². The molecule has 0 bridgehead atoms. The largest absolute Gasteiger partial charge is 0.374 e. The maximum atomic E-state index is 13.5. The topological polar surface area (TPSA) is 3.24 Å². The fourth-order valence-electron chi connectivity index (χ4n) is 3.46. The van der Waals surface area contributed by atoms with Crippen molar-refractivity contribution in [3.05, 3.63) is 65.4 Å². The summed E-state index contributed by atoms with van der Waals surface area (Å²) in [5.41, 5.74) is 5.86. The summed E-state index contributed by atoms with van der Waals surface area (Å²) in [6.07, 6.45) is 4.68. The van der Waals surface area contributed by atoms with E-state index in [1.54, 1.807) is 0 Å². The minimum absolute atomic E-state index is 0.133. The lowest BCUT2D eigenvalue weighted by atomic mass is 9.96. The van der Waals surface area contributed by atoms with Crippen LogP contribution in [0.1, 0.15) is 36.0 Å². The zero-order chi connectivity index (χ0) is 16.6. The summed E-state index contributed by atoms with van der Waals surface area (Å²) in [5, 5.41) is 0. The van der Waals surface area contributed by atoms with Crippen molar-refractivity contribution in [2.75, 3.05) is 13.6 Å². The maximum absolute atomic E-state index is 13.5. The molecule has 2 aliphatic rings. The van der Waals surface area contributed by atoms with Crippen molar-refractivity contribution >= 4 is 5.57 Å². The smallest absolute Gasteiger partial charge is 0.256 e. The molecule has 0 unspecified atom stereocenters. The van der Waals surface area contributed by atoms with Crippen molar-refractivity contribution in [3.63, 3.8) is 0 Å². The molecule has 1 aliphatic heterocycles. The first kappa shape index (κ1) is 16.0. The minimum atomic E-state index is -2.59. The Kier molecular flexibility index (Phi) is 4.13. The summed E-state index contributed by atoms with van der Waals surface area (Å²) < 4.78 is 27.0. The van der Waals surface area contributed by atoms with Crippen molar-refractivity contribution in [2.24, 2.45) is 0 Å². The summed E-state index contributed by atoms with van der Waals surface area (Å²) in [5.74, 6) is -2.59. The average molecular weight is 315 g/mol. The Bertz CT molecular complexity index is 685. The van der Waals surface area contributed by atoms with Crippen molar-refractivity contribution in [1.82, 2.24) is 4.90 Å². The summed E-state index contributed by atoms with van der Waals surface area (Å²) >= 11 is 0. The Hall–Kier alpha value is -1.90. The third kappa shape index (κ3) is 3.39. The van der Waals surface area contributed by atoms with Crippen LogP contribution in [0.4, 0.5) is 8.78 Å².